The van der Waals surface area contributed by atoms with Crippen LogP contribution in [0.5, 0.6) is 17.5 Å². The monoisotopic (exact) mass is 461 g/mol. The number of nitro benzene ring substituents is 1. The third kappa shape index (κ3) is 4.65. The second kappa shape index (κ2) is 9.14. The van der Waals surface area contributed by atoms with Gasteiger partial charge in [-0.2, -0.15) is 23.1 Å². The molecule has 3 aromatic rings. The minimum Gasteiger partial charge on any atom is -0.481 e. The summed E-state index contributed by atoms with van der Waals surface area (Å²) in [5, 5.41) is 14.5. The average molecular weight is 461 g/mol. The van der Waals surface area contributed by atoms with Crippen molar-refractivity contribution in [3.05, 3.63) is 40.7 Å². The van der Waals surface area contributed by atoms with E-state index in [2.05, 4.69) is 30.7 Å². The molecule has 1 N–H and O–H groups in total. The maximum atomic E-state index is 12.8. The quantitative estimate of drug-likeness (QED) is 0.271. The first-order valence-electron chi connectivity index (χ1n) is 8.54. The number of terminal acetylenes is 1. The van der Waals surface area contributed by atoms with Crippen molar-refractivity contribution in [2.45, 2.75) is 5.16 Å². The van der Waals surface area contributed by atoms with Crippen molar-refractivity contribution in [1.29, 1.82) is 0 Å². The maximum Gasteiger partial charge on any atom is 0.299 e. The van der Waals surface area contributed by atoms with Gasteiger partial charge in [0.2, 0.25) is 11.8 Å². The first kappa shape index (κ1) is 22.2. The molecule has 166 valence electrons. The molecule has 1 aromatic carbocycles. The summed E-state index contributed by atoms with van der Waals surface area (Å²) in [7, 11) is -1.73. The van der Waals surface area contributed by atoms with E-state index in [1.165, 1.54) is 32.4 Å². The standard InChI is InChI=1S/C17H15N7O7S/c1-4-8-31-12-7-5-6-11(24(25)26)15(12)22-32(27,28)17-18-10-23(21-17)16-19-13(29-2)9-14(20-16)30-3/h1,5-7,9-10,22H,8H2,2-3H3. The van der Waals surface area contributed by atoms with Gasteiger partial charge in [-0.25, -0.2) is 4.98 Å². The van der Waals surface area contributed by atoms with Gasteiger partial charge >= 0.3 is 0 Å². The molecule has 0 radical (unpaired) electrons. The van der Waals surface area contributed by atoms with Crippen LogP contribution in [0.25, 0.3) is 5.95 Å². The summed E-state index contributed by atoms with van der Waals surface area (Å²) < 4.78 is 44.0. The number of para-hydroxylation sites is 1. The Balaban J connectivity index is 1.99. The Kier molecular flexibility index (Phi) is 6.35. The first-order chi connectivity index (χ1) is 15.3. The lowest BCUT2D eigenvalue weighted by Gasteiger charge is -2.11. The van der Waals surface area contributed by atoms with Gasteiger partial charge in [0.05, 0.1) is 25.2 Å². The van der Waals surface area contributed by atoms with E-state index >= 15 is 0 Å². The van der Waals surface area contributed by atoms with Crippen LogP contribution < -0.4 is 18.9 Å². The molecule has 15 heteroatoms. The minimum atomic E-state index is -4.48. The minimum absolute atomic E-state index is 0.0844. The fraction of sp³-hybridized carbons (Fsp3) is 0.176. The second-order valence-corrected chi connectivity index (χ2v) is 7.31. The maximum absolute atomic E-state index is 12.8. The highest BCUT2D eigenvalue weighted by Crippen LogP contribution is 2.35. The van der Waals surface area contributed by atoms with Gasteiger partial charge in [0.25, 0.3) is 26.8 Å². The normalized spacial score (nSPS) is 10.8. The van der Waals surface area contributed by atoms with Crippen LogP contribution >= 0.6 is 0 Å². The lowest BCUT2D eigenvalue weighted by molar-refractivity contribution is -0.383. The van der Waals surface area contributed by atoms with E-state index in [0.717, 1.165) is 17.1 Å². The number of hydrogen-bond donors (Lipinski definition) is 1. The summed E-state index contributed by atoms with van der Waals surface area (Å²) in [6.07, 6.45) is 6.18. The first-order valence-corrected chi connectivity index (χ1v) is 10.0. The van der Waals surface area contributed by atoms with Crippen LogP contribution in [0.15, 0.2) is 35.7 Å². The Morgan fingerprint density at radius 1 is 1.25 bits per heavy atom. The third-order valence-corrected chi connectivity index (χ3v) is 4.89. The van der Waals surface area contributed by atoms with Crippen LogP contribution in [-0.4, -0.2) is 58.9 Å². The van der Waals surface area contributed by atoms with Gasteiger partial charge in [0.1, 0.15) is 12.9 Å². The summed E-state index contributed by atoms with van der Waals surface area (Å²) >= 11 is 0. The largest absolute Gasteiger partial charge is 0.481 e. The van der Waals surface area contributed by atoms with Crippen LogP contribution in [0.3, 0.4) is 0 Å². The molecule has 0 amide bonds. The molecule has 0 atom stereocenters. The highest BCUT2D eigenvalue weighted by molar-refractivity contribution is 7.92. The van der Waals surface area contributed by atoms with Gasteiger partial charge in [-0.15, -0.1) is 11.5 Å². The molecule has 0 saturated heterocycles. The van der Waals surface area contributed by atoms with Crippen LogP contribution in [0, 0.1) is 22.5 Å². The van der Waals surface area contributed by atoms with Crippen molar-refractivity contribution < 1.29 is 27.6 Å². The smallest absolute Gasteiger partial charge is 0.299 e. The average Bonchev–Trinajstić information content (AvgIpc) is 3.29. The Morgan fingerprint density at radius 3 is 2.53 bits per heavy atom. The molecular formula is C17H15N7O7S. The van der Waals surface area contributed by atoms with Crippen molar-refractivity contribution in [1.82, 2.24) is 24.7 Å². The van der Waals surface area contributed by atoms with Crippen molar-refractivity contribution >= 4 is 21.4 Å². The van der Waals surface area contributed by atoms with Crippen molar-refractivity contribution in [3.63, 3.8) is 0 Å². The van der Waals surface area contributed by atoms with Gasteiger partial charge in [0, 0.05) is 6.07 Å². The van der Waals surface area contributed by atoms with E-state index < -0.39 is 31.5 Å². The number of ether oxygens (including phenoxy) is 3. The molecule has 32 heavy (non-hydrogen) atoms. The lowest BCUT2D eigenvalue weighted by Crippen LogP contribution is -2.17. The molecule has 2 heterocycles. The van der Waals surface area contributed by atoms with E-state index in [0.29, 0.717) is 0 Å². The second-order valence-electron chi connectivity index (χ2n) is 5.73. The Bertz CT molecular complexity index is 1280. The zero-order valence-corrected chi connectivity index (χ0v) is 17.4. The molecule has 2 aromatic heterocycles. The van der Waals surface area contributed by atoms with Crippen LogP contribution in [0.4, 0.5) is 11.4 Å². The highest BCUT2D eigenvalue weighted by atomic mass is 32.2. The molecule has 0 fully saturated rings. The zero-order chi connectivity index (χ0) is 23.3. The number of anilines is 1. The Morgan fingerprint density at radius 2 is 1.94 bits per heavy atom. The van der Waals surface area contributed by atoms with Gasteiger partial charge in [-0.1, -0.05) is 12.0 Å². The van der Waals surface area contributed by atoms with Crippen LogP contribution in [-0.2, 0) is 10.0 Å². The van der Waals surface area contributed by atoms with Gasteiger partial charge in [-0.05, 0) is 6.07 Å². The summed E-state index contributed by atoms with van der Waals surface area (Å²) in [5.74, 6) is 2.25. The molecule has 0 spiro atoms. The molecule has 14 nitrogen and oxygen atoms in total. The van der Waals surface area contributed by atoms with Crippen LogP contribution in [0.1, 0.15) is 0 Å². The molecule has 0 saturated carbocycles. The highest BCUT2D eigenvalue weighted by Gasteiger charge is 2.28. The van der Waals surface area contributed by atoms with Crippen molar-refractivity contribution in [2.75, 3.05) is 25.5 Å². The zero-order valence-electron chi connectivity index (χ0n) is 16.6. The predicted molar refractivity (Wildman–Crippen MR) is 108 cm³/mol. The topological polar surface area (TPSA) is 173 Å². The van der Waals surface area contributed by atoms with E-state index in [4.69, 9.17) is 20.6 Å². The number of nitrogens with one attached hydrogen (secondary N) is 1. The predicted octanol–water partition coefficient (Wildman–Crippen LogP) is 0.795. The van der Waals surface area contributed by atoms with E-state index in [1.807, 2.05) is 0 Å². The number of nitro groups is 1. The Labute approximate surface area is 181 Å². The molecule has 0 aliphatic rings. The number of nitrogens with zero attached hydrogens (tertiary/aromatic N) is 6. The number of benzene rings is 1. The van der Waals surface area contributed by atoms with Crippen LogP contribution in [0.2, 0.25) is 0 Å². The number of methoxy groups -OCH3 is 2. The number of hydrogen-bond acceptors (Lipinski definition) is 11. The summed E-state index contributed by atoms with van der Waals surface area (Å²) in [5.41, 5.74) is -0.980. The summed E-state index contributed by atoms with van der Waals surface area (Å²) in [6.45, 7) is -0.238. The van der Waals surface area contributed by atoms with E-state index in [-0.39, 0.29) is 30.1 Å². The molecule has 0 aliphatic carbocycles. The number of aromatic nitrogens is 5. The van der Waals surface area contributed by atoms with Crippen molar-refractivity contribution in [2.24, 2.45) is 0 Å². The lowest BCUT2D eigenvalue weighted by atomic mass is 10.2. The molecular weight excluding hydrogens is 446 g/mol. The fourth-order valence-electron chi connectivity index (χ4n) is 2.37. The SMILES string of the molecule is C#CCOc1cccc([N+](=O)[O-])c1NS(=O)(=O)c1ncn(-c2nc(OC)cc(OC)n2)n1. The van der Waals surface area contributed by atoms with E-state index in [9.17, 15) is 18.5 Å². The van der Waals surface area contributed by atoms with Gasteiger partial charge in [0.15, 0.2) is 11.4 Å². The molecule has 0 bridgehead atoms. The number of rotatable bonds is 9. The fourth-order valence-corrected chi connectivity index (χ4v) is 3.31. The van der Waals surface area contributed by atoms with Gasteiger partial charge in [-0.3, -0.25) is 14.8 Å². The number of sulfonamides is 1. The summed E-state index contributed by atoms with van der Waals surface area (Å²) in [6, 6.07) is 5.15. The van der Waals surface area contributed by atoms with Gasteiger partial charge < -0.3 is 14.2 Å². The Hall–Kier alpha value is -4.45. The molecule has 3 rings (SSSR count). The third-order valence-electron chi connectivity index (χ3n) is 3.75. The van der Waals surface area contributed by atoms with E-state index in [1.54, 1.807) is 0 Å². The summed E-state index contributed by atoms with van der Waals surface area (Å²) in [4.78, 5) is 22.4. The van der Waals surface area contributed by atoms with Crippen molar-refractivity contribution in [3.8, 4) is 35.8 Å². The molecule has 0 unspecified atom stereocenters. The molecule has 0 aliphatic heterocycles.